The maximum atomic E-state index is 11.8. The summed E-state index contributed by atoms with van der Waals surface area (Å²) in [6.07, 6.45) is 0.120. The van der Waals surface area contributed by atoms with Gasteiger partial charge in [0.25, 0.3) is 5.56 Å². The van der Waals surface area contributed by atoms with Gasteiger partial charge in [-0.1, -0.05) is 6.07 Å². The lowest BCUT2D eigenvalue weighted by Gasteiger charge is -2.07. The van der Waals surface area contributed by atoms with Crippen LogP contribution in [0, 0.1) is 0 Å². The number of carbonyl (C=O) groups is 1. The molecule has 0 saturated heterocycles. The van der Waals surface area contributed by atoms with Crippen LogP contribution < -0.4 is 21.3 Å². The summed E-state index contributed by atoms with van der Waals surface area (Å²) >= 11 is 0. The molecule has 1 heterocycles. The molecule has 7 heteroatoms. The lowest BCUT2D eigenvalue weighted by Crippen LogP contribution is -2.25. The normalized spacial score (nSPS) is 10.1. The molecule has 2 rings (SSSR count). The first-order valence-electron chi connectivity index (χ1n) is 6.36. The van der Waals surface area contributed by atoms with E-state index in [0.717, 1.165) is 0 Å². The smallest absolute Gasteiger partial charge is 0.266 e. The number of carbonyl (C=O) groups excluding carboxylic acids is 1. The lowest BCUT2D eigenvalue weighted by atomic mass is 10.2. The SMILES string of the molecule is COc1ccc(=O)n(CCC(=O)Nc2cccc(N)c2)n1. The highest BCUT2D eigenvalue weighted by atomic mass is 16.5. The molecule has 0 radical (unpaired) electrons. The molecule has 7 nitrogen and oxygen atoms in total. The van der Waals surface area contributed by atoms with Gasteiger partial charge in [0.2, 0.25) is 11.8 Å². The van der Waals surface area contributed by atoms with Crippen molar-refractivity contribution in [3.05, 3.63) is 46.8 Å². The Morgan fingerprint density at radius 2 is 2.19 bits per heavy atom. The second-order valence-corrected chi connectivity index (χ2v) is 4.36. The van der Waals surface area contributed by atoms with E-state index in [2.05, 4.69) is 10.4 Å². The average Bonchev–Trinajstić information content (AvgIpc) is 2.46. The zero-order valence-corrected chi connectivity index (χ0v) is 11.6. The molecule has 0 unspecified atom stereocenters. The Labute approximate surface area is 121 Å². The zero-order chi connectivity index (χ0) is 15.2. The number of rotatable bonds is 5. The summed E-state index contributed by atoms with van der Waals surface area (Å²) in [5.74, 6) is 0.1000. The molecule has 0 aliphatic heterocycles. The van der Waals surface area contributed by atoms with Crippen molar-refractivity contribution in [3.8, 4) is 5.88 Å². The molecular formula is C14H16N4O3. The summed E-state index contributed by atoms with van der Waals surface area (Å²) in [6.45, 7) is 0.171. The molecule has 1 aromatic heterocycles. The summed E-state index contributed by atoms with van der Waals surface area (Å²) in [7, 11) is 1.46. The number of hydrogen-bond acceptors (Lipinski definition) is 5. The fourth-order valence-electron chi connectivity index (χ4n) is 1.75. The minimum absolute atomic E-state index is 0.120. The highest BCUT2D eigenvalue weighted by Crippen LogP contribution is 2.12. The number of methoxy groups -OCH3 is 1. The minimum atomic E-state index is -0.285. The molecule has 0 bridgehead atoms. The van der Waals surface area contributed by atoms with Gasteiger partial charge in [-0.05, 0) is 18.2 Å². The molecule has 3 N–H and O–H groups in total. The second-order valence-electron chi connectivity index (χ2n) is 4.36. The van der Waals surface area contributed by atoms with Crippen LogP contribution in [0.15, 0.2) is 41.2 Å². The number of anilines is 2. The van der Waals surface area contributed by atoms with Crippen LogP contribution >= 0.6 is 0 Å². The predicted octanol–water partition coefficient (Wildman–Crippen LogP) is 0.863. The summed E-state index contributed by atoms with van der Waals surface area (Å²) < 4.78 is 6.13. The predicted molar refractivity (Wildman–Crippen MR) is 79.2 cm³/mol. The largest absolute Gasteiger partial charge is 0.480 e. The van der Waals surface area contributed by atoms with Crippen molar-refractivity contribution >= 4 is 17.3 Å². The van der Waals surface area contributed by atoms with Gasteiger partial charge < -0.3 is 15.8 Å². The summed E-state index contributed by atoms with van der Waals surface area (Å²) in [6, 6.07) is 9.71. The number of nitrogens with zero attached hydrogens (tertiary/aromatic N) is 2. The van der Waals surface area contributed by atoms with Crippen LogP contribution in [0.3, 0.4) is 0 Å². The first-order valence-corrected chi connectivity index (χ1v) is 6.36. The van der Waals surface area contributed by atoms with Crippen molar-refractivity contribution in [3.63, 3.8) is 0 Å². The summed E-state index contributed by atoms with van der Waals surface area (Å²) in [5.41, 5.74) is 6.53. The first kappa shape index (κ1) is 14.6. The Kier molecular flexibility index (Phi) is 4.55. The Morgan fingerprint density at radius 3 is 2.90 bits per heavy atom. The van der Waals surface area contributed by atoms with Gasteiger partial charge in [0.05, 0.1) is 13.7 Å². The number of nitrogen functional groups attached to an aromatic ring is 1. The summed E-state index contributed by atoms with van der Waals surface area (Å²) in [4.78, 5) is 23.4. The highest BCUT2D eigenvalue weighted by Gasteiger charge is 2.06. The molecule has 1 aromatic carbocycles. The molecule has 0 saturated carbocycles. The van der Waals surface area contributed by atoms with Crippen molar-refractivity contribution in [1.82, 2.24) is 9.78 Å². The Hall–Kier alpha value is -2.83. The molecule has 2 aromatic rings. The van der Waals surface area contributed by atoms with Crippen molar-refractivity contribution in [2.75, 3.05) is 18.2 Å². The van der Waals surface area contributed by atoms with Crippen LogP contribution in [-0.2, 0) is 11.3 Å². The molecular weight excluding hydrogens is 272 g/mol. The summed E-state index contributed by atoms with van der Waals surface area (Å²) in [5, 5.41) is 6.67. The number of hydrogen-bond donors (Lipinski definition) is 2. The van der Waals surface area contributed by atoms with Crippen LogP contribution in [-0.4, -0.2) is 22.8 Å². The quantitative estimate of drug-likeness (QED) is 0.795. The van der Waals surface area contributed by atoms with E-state index in [9.17, 15) is 9.59 Å². The number of nitrogens with one attached hydrogen (secondary N) is 1. The minimum Gasteiger partial charge on any atom is -0.480 e. The third kappa shape index (κ3) is 4.07. The van der Waals surface area contributed by atoms with Crippen molar-refractivity contribution < 1.29 is 9.53 Å². The van der Waals surface area contributed by atoms with Gasteiger partial charge in [-0.3, -0.25) is 9.59 Å². The highest BCUT2D eigenvalue weighted by molar-refractivity contribution is 5.91. The molecule has 110 valence electrons. The number of ether oxygens (including phenoxy) is 1. The number of nitrogens with two attached hydrogens (primary N) is 1. The standard InChI is InChI=1S/C14H16N4O3/c1-21-13-5-6-14(20)18(17-13)8-7-12(19)16-11-4-2-3-10(15)9-11/h2-6,9H,7-8,15H2,1H3,(H,16,19). The van der Waals surface area contributed by atoms with E-state index < -0.39 is 0 Å². The van der Waals surface area contributed by atoms with E-state index in [-0.39, 0.29) is 24.4 Å². The van der Waals surface area contributed by atoms with Crippen molar-refractivity contribution in [2.24, 2.45) is 0 Å². The van der Waals surface area contributed by atoms with Crippen LogP contribution in [0.25, 0.3) is 0 Å². The van der Waals surface area contributed by atoms with Crippen LogP contribution in [0.2, 0.25) is 0 Å². The van der Waals surface area contributed by atoms with Crippen LogP contribution in [0.4, 0.5) is 11.4 Å². The van der Waals surface area contributed by atoms with Gasteiger partial charge in [0, 0.05) is 29.9 Å². The van der Waals surface area contributed by atoms with E-state index in [1.54, 1.807) is 24.3 Å². The zero-order valence-electron chi connectivity index (χ0n) is 11.6. The average molecular weight is 288 g/mol. The van der Waals surface area contributed by atoms with E-state index in [0.29, 0.717) is 17.3 Å². The molecule has 0 spiro atoms. The van der Waals surface area contributed by atoms with E-state index >= 15 is 0 Å². The Bertz CT molecular complexity index is 697. The van der Waals surface area contributed by atoms with E-state index in [1.165, 1.54) is 23.9 Å². The van der Waals surface area contributed by atoms with Gasteiger partial charge in [0.1, 0.15) is 0 Å². The van der Waals surface area contributed by atoms with Gasteiger partial charge in [-0.15, -0.1) is 5.10 Å². The lowest BCUT2D eigenvalue weighted by molar-refractivity contribution is -0.116. The molecule has 0 atom stereocenters. The van der Waals surface area contributed by atoms with Gasteiger partial charge in [-0.2, -0.15) is 0 Å². The number of benzene rings is 1. The van der Waals surface area contributed by atoms with Gasteiger partial charge in [0.15, 0.2) is 0 Å². The van der Waals surface area contributed by atoms with Crippen LogP contribution in [0.5, 0.6) is 5.88 Å². The molecule has 1 amide bonds. The number of aromatic nitrogens is 2. The third-order valence-electron chi connectivity index (χ3n) is 2.77. The monoisotopic (exact) mass is 288 g/mol. The molecule has 0 aliphatic rings. The third-order valence-corrected chi connectivity index (χ3v) is 2.77. The topological polar surface area (TPSA) is 99.2 Å². The number of aryl methyl sites for hydroxylation is 1. The van der Waals surface area contributed by atoms with E-state index in [1.807, 2.05) is 0 Å². The molecule has 0 fully saturated rings. The molecule has 0 aliphatic carbocycles. The Balaban J connectivity index is 1.96. The fourth-order valence-corrected chi connectivity index (χ4v) is 1.75. The Morgan fingerprint density at radius 1 is 1.38 bits per heavy atom. The maximum Gasteiger partial charge on any atom is 0.266 e. The van der Waals surface area contributed by atoms with Crippen molar-refractivity contribution in [2.45, 2.75) is 13.0 Å². The fraction of sp³-hybridized carbons (Fsp3) is 0.214. The second kappa shape index (κ2) is 6.56. The van der Waals surface area contributed by atoms with Crippen LogP contribution in [0.1, 0.15) is 6.42 Å². The van der Waals surface area contributed by atoms with Gasteiger partial charge in [-0.25, -0.2) is 4.68 Å². The maximum absolute atomic E-state index is 11.8. The number of amides is 1. The first-order chi connectivity index (χ1) is 10.1. The van der Waals surface area contributed by atoms with Crippen molar-refractivity contribution in [1.29, 1.82) is 0 Å². The molecule has 21 heavy (non-hydrogen) atoms. The van der Waals surface area contributed by atoms with Gasteiger partial charge >= 0.3 is 0 Å². The van der Waals surface area contributed by atoms with E-state index in [4.69, 9.17) is 10.5 Å².